The number of ketones is 2. The molecule has 0 bridgehead atoms. The van der Waals surface area contributed by atoms with E-state index in [2.05, 4.69) is 17.5 Å². The lowest BCUT2D eigenvalue weighted by Gasteiger charge is -2.49. The van der Waals surface area contributed by atoms with E-state index in [4.69, 9.17) is 9.47 Å². The zero-order valence-corrected chi connectivity index (χ0v) is 23.2. The Labute approximate surface area is 244 Å². The molecule has 5 rings (SSSR count). The van der Waals surface area contributed by atoms with Crippen LogP contribution in [0.25, 0.3) is 0 Å². The molecule has 4 atom stereocenters. The zero-order chi connectivity index (χ0) is 29.7. The quantitative estimate of drug-likeness (QED) is 0.261. The number of nitrogens with one attached hydrogen (secondary N) is 1. The molecule has 0 amide bonds. The van der Waals surface area contributed by atoms with Gasteiger partial charge in [0.2, 0.25) is 0 Å². The lowest BCUT2D eigenvalue weighted by atomic mass is 9.55. The van der Waals surface area contributed by atoms with E-state index >= 15 is 0 Å². The highest BCUT2D eigenvalue weighted by atomic mass is 16.5. The normalized spacial score (nSPS) is 20.9. The maximum Gasteiger partial charge on any atom is 0.170 e. The SMILES string of the molecule is COc1ccc(C2NC(c3ccc(OC)cc3)C(C(=O)c3ccccc3)C(C#N)(C#N)C2C(=O)c2ccccc2)cc1. The molecule has 4 aromatic rings. The molecular weight excluding hydrogens is 526 g/mol. The Bertz CT molecular complexity index is 1510. The van der Waals surface area contributed by atoms with Crippen LogP contribution in [0.5, 0.6) is 11.5 Å². The average molecular weight is 556 g/mol. The zero-order valence-electron chi connectivity index (χ0n) is 23.2. The topological polar surface area (TPSA) is 112 Å². The highest BCUT2D eigenvalue weighted by Gasteiger charge is 2.62. The summed E-state index contributed by atoms with van der Waals surface area (Å²) in [6.07, 6.45) is 0. The molecule has 0 aliphatic carbocycles. The number of rotatable bonds is 8. The first-order valence-corrected chi connectivity index (χ1v) is 13.5. The van der Waals surface area contributed by atoms with Gasteiger partial charge in [0.1, 0.15) is 11.5 Å². The van der Waals surface area contributed by atoms with Crippen molar-refractivity contribution < 1.29 is 19.1 Å². The summed E-state index contributed by atoms with van der Waals surface area (Å²) in [5.41, 5.74) is 0.0476. The Kier molecular flexibility index (Phi) is 8.15. The molecule has 1 aliphatic rings. The minimum atomic E-state index is -2.03. The van der Waals surface area contributed by atoms with E-state index in [0.29, 0.717) is 33.8 Å². The first-order valence-electron chi connectivity index (χ1n) is 13.5. The van der Waals surface area contributed by atoms with Gasteiger partial charge in [-0.15, -0.1) is 0 Å². The Morgan fingerprint density at radius 2 is 0.976 bits per heavy atom. The van der Waals surface area contributed by atoms with Crippen molar-refractivity contribution in [2.75, 3.05) is 14.2 Å². The van der Waals surface area contributed by atoms with Crippen LogP contribution in [0, 0.1) is 39.9 Å². The smallest absolute Gasteiger partial charge is 0.170 e. The van der Waals surface area contributed by atoms with Gasteiger partial charge in [0.15, 0.2) is 17.0 Å². The monoisotopic (exact) mass is 555 g/mol. The lowest BCUT2D eigenvalue weighted by molar-refractivity contribution is 0.0406. The number of carbonyl (C=O) groups is 2. The van der Waals surface area contributed by atoms with Crippen LogP contribution >= 0.6 is 0 Å². The number of nitrogens with zero attached hydrogens (tertiary/aromatic N) is 2. The van der Waals surface area contributed by atoms with Gasteiger partial charge in [-0.3, -0.25) is 9.59 Å². The third-order valence-corrected chi connectivity index (χ3v) is 8.01. The fourth-order valence-corrected chi connectivity index (χ4v) is 5.89. The second-order valence-electron chi connectivity index (χ2n) is 10.2. The average Bonchev–Trinajstić information content (AvgIpc) is 3.07. The summed E-state index contributed by atoms with van der Waals surface area (Å²) < 4.78 is 10.7. The summed E-state index contributed by atoms with van der Waals surface area (Å²) in [6.45, 7) is 0. The van der Waals surface area contributed by atoms with Crippen LogP contribution in [-0.2, 0) is 0 Å². The minimum Gasteiger partial charge on any atom is -0.497 e. The summed E-state index contributed by atoms with van der Waals surface area (Å²) in [7, 11) is 3.12. The molecule has 208 valence electrons. The highest BCUT2D eigenvalue weighted by Crippen LogP contribution is 2.54. The molecule has 7 nitrogen and oxygen atoms in total. The summed E-state index contributed by atoms with van der Waals surface area (Å²) in [5, 5.41) is 25.4. The first kappa shape index (κ1) is 28.3. The van der Waals surface area contributed by atoms with Gasteiger partial charge < -0.3 is 14.8 Å². The Morgan fingerprint density at radius 1 is 0.619 bits per heavy atom. The van der Waals surface area contributed by atoms with Crippen LogP contribution in [0.3, 0.4) is 0 Å². The number of Topliss-reactive ketones (excluding diaryl/α,β-unsaturated/α-hetero) is 2. The maximum absolute atomic E-state index is 14.4. The summed E-state index contributed by atoms with van der Waals surface area (Å²) >= 11 is 0. The molecule has 0 spiro atoms. The Morgan fingerprint density at radius 3 is 1.29 bits per heavy atom. The van der Waals surface area contributed by atoms with Crippen molar-refractivity contribution in [2.24, 2.45) is 17.3 Å². The van der Waals surface area contributed by atoms with Gasteiger partial charge in [-0.25, -0.2) is 0 Å². The van der Waals surface area contributed by atoms with Crippen LogP contribution < -0.4 is 14.8 Å². The van der Waals surface area contributed by atoms with Crippen molar-refractivity contribution in [3.05, 3.63) is 131 Å². The molecule has 42 heavy (non-hydrogen) atoms. The van der Waals surface area contributed by atoms with Gasteiger partial charge in [-0.2, -0.15) is 10.5 Å². The minimum absolute atomic E-state index is 0.353. The molecule has 7 heteroatoms. The molecular formula is C35H29N3O4. The largest absolute Gasteiger partial charge is 0.497 e. The highest BCUT2D eigenvalue weighted by molar-refractivity contribution is 6.03. The number of benzene rings is 4. The van der Waals surface area contributed by atoms with Gasteiger partial charge >= 0.3 is 0 Å². The molecule has 4 unspecified atom stereocenters. The van der Waals surface area contributed by atoms with Crippen molar-refractivity contribution in [1.29, 1.82) is 10.5 Å². The van der Waals surface area contributed by atoms with Gasteiger partial charge in [0, 0.05) is 23.2 Å². The number of nitriles is 2. The molecule has 0 saturated carbocycles. The van der Waals surface area contributed by atoms with Crippen LogP contribution in [0.1, 0.15) is 43.9 Å². The van der Waals surface area contributed by atoms with Crippen LogP contribution in [0.4, 0.5) is 0 Å². The van der Waals surface area contributed by atoms with Gasteiger partial charge in [-0.05, 0) is 35.4 Å². The van der Waals surface area contributed by atoms with E-state index in [1.165, 1.54) is 0 Å². The molecule has 1 aliphatic heterocycles. The molecule has 0 radical (unpaired) electrons. The standard InChI is InChI=1S/C35H29N3O4/c1-41-27-17-13-23(14-18-27)31-29(33(39)25-9-5-3-6-10-25)35(21-36,22-37)30(34(40)26-11-7-4-8-12-26)32(38-31)24-15-19-28(42-2)20-16-24/h3-20,29-32,38H,1-2H3. The third-order valence-electron chi connectivity index (χ3n) is 8.01. The van der Waals surface area contributed by atoms with Crippen molar-refractivity contribution in [3.8, 4) is 23.6 Å². The van der Waals surface area contributed by atoms with Crippen LogP contribution in [0.2, 0.25) is 0 Å². The number of ether oxygens (including phenoxy) is 2. The second-order valence-corrected chi connectivity index (χ2v) is 10.2. The van der Waals surface area contributed by atoms with Crippen molar-refractivity contribution in [1.82, 2.24) is 5.32 Å². The van der Waals surface area contributed by atoms with Crippen LogP contribution in [0.15, 0.2) is 109 Å². The van der Waals surface area contributed by atoms with E-state index in [9.17, 15) is 20.1 Å². The van der Waals surface area contributed by atoms with E-state index in [1.807, 2.05) is 24.3 Å². The van der Waals surface area contributed by atoms with Crippen LogP contribution in [-0.4, -0.2) is 25.8 Å². The van der Waals surface area contributed by atoms with E-state index in [-0.39, 0.29) is 0 Å². The Hall–Kier alpha value is -5.24. The van der Waals surface area contributed by atoms with Gasteiger partial charge in [-0.1, -0.05) is 84.9 Å². The lowest BCUT2D eigenvalue weighted by Crippen LogP contribution is -2.58. The fourth-order valence-electron chi connectivity index (χ4n) is 5.89. The number of carbonyl (C=O) groups excluding carboxylic acids is 2. The van der Waals surface area contributed by atoms with Crippen molar-refractivity contribution in [3.63, 3.8) is 0 Å². The van der Waals surface area contributed by atoms with Crippen molar-refractivity contribution in [2.45, 2.75) is 12.1 Å². The van der Waals surface area contributed by atoms with Gasteiger partial charge in [0.05, 0.1) is 38.2 Å². The molecule has 4 aromatic carbocycles. The van der Waals surface area contributed by atoms with Crippen molar-refractivity contribution >= 4 is 11.6 Å². The molecule has 0 aromatic heterocycles. The predicted molar refractivity (Wildman–Crippen MR) is 157 cm³/mol. The maximum atomic E-state index is 14.4. The number of piperidine rings is 1. The van der Waals surface area contributed by atoms with E-state index < -0.39 is 40.9 Å². The molecule has 1 N–H and O–H groups in total. The number of methoxy groups -OCH3 is 2. The Balaban J connectivity index is 1.77. The number of hydrogen-bond acceptors (Lipinski definition) is 7. The van der Waals surface area contributed by atoms with Gasteiger partial charge in [0.25, 0.3) is 0 Å². The number of hydrogen-bond donors (Lipinski definition) is 1. The summed E-state index contributed by atoms with van der Waals surface area (Å²) in [4.78, 5) is 28.8. The molecule has 1 heterocycles. The van der Waals surface area contributed by atoms with E-state index in [1.54, 1.807) is 99.1 Å². The second kappa shape index (κ2) is 12.1. The fraction of sp³-hybridized carbons (Fsp3) is 0.200. The third kappa shape index (κ3) is 5.03. The van der Waals surface area contributed by atoms with E-state index in [0.717, 1.165) is 0 Å². The predicted octanol–water partition coefficient (Wildman–Crippen LogP) is 6.12. The molecule has 1 fully saturated rings. The summed E-state index contributed by atoms with van der Waals surface area (Å²) in [6, 6.07) is 34.4. The first-order chi connectivity index (χ1) is 20.5. The summed E-state index contributed by atoms with van der Waals surface area (Å²) in [5.74, 6) is -1.98. The molecule has 1 saturated heterocycles.